The third-order valence-electron chi connectivity index (χ3n) is 4.36. The highest BCUT2D eigenvalue weighted by molar-refractivity contribution is 5.39. The average Bonchev–Trinajstić information content (AvgIpc) is 2.47. The molecule has 0 spiro atoms. The average molecular weight is 245 g/mol. The summed E-state index contributed by atoms with van der Waals surface area (Å²) < 4.78 is 5.78. The fourth-order valence-corrected chi connectivity index (χ4v) is 3.13. The number of hydrogen-bond acceptors (Lipinski definition) is 2. The largest absolute Gasteiger partial charge is 0.493 e. The summed E-state index contributed by atoms with van der Waals surface area (Å²) in [4.78, 5) is 2.61. The smallest absolute Gasteiger partial charge is 0.122 e. The topological polar surface area (TPSA) is 12.5 Å². The number of likely N-dealkylation sites (tertiary alicyclic amines) is 1. The zero-order valence-corrected chi connectivity index (χ0v) is 11.3. The van der Waals surface area contributed by atoms with Gasteiger partial charge in [0.05, 0.1) is 6.61 Å². The minimum Gasteiger partial charge on any atom is -0.493 e. The molecule has 18 heavy (non-hydrogen) atoms. The Morgan fingerprint density at radius 2 is 1.94 bits per heavy atom. The van der Waals surface area contributed by atoms with Crippen LogP contribution in [0.2, 0.25) is 0 Å². The highest BCUT2D eigenvalue weighted by atomic mass is 16.5. The Kier molecular flexibility index (Phi) is 3.55. The van der Waals surface area contributed by atoms with Crippen LogP contribution in [0.5, 0.6) is 5.75 Å². The predicted molar refractivity (Wildman–Crippen MR) is 74.1 cm³/mol. The summed E-state index contributed by atoms with van der Waals surface area (Å²) in [6.07, 6.45) is 6.44. The molecule has 0 bridgehead atoms. The Labute approximate surface area is 110 Å². The summed E-state index contributed by atoms with van der Waals surface area (Å²) in [5.41, 5.74) is 2.80. The first-order valence-electron chi connectivity index (χ1n) is 7.34. The summed E-state index contributed by atoms with van der Waals surface area (Å²) in [6, 6.07) is 7.37. The maximum absolute atomic E-state index is 5.78. The predicted octanol–water partition coefficient (Wildman–Crippen LogP) is 3.56. The van der Waals surface area contributed by atoms with Crippen LogP contribution >= 0.6 is 0 Å². The highest BCUT2D eigenvalue weighted by Gasteiger charge is 2.20. The van der Waals surface area contributed by atoms with Gasteiger partial charge in [-0.05, 0) is 62.9 Å². The normalized spacial score (nSPS) is 22.1. The first kappa shape index (κ1) is 12.0. The molecular weight excluding hydrogens is 222 g/mol. The first-order chi connectivity index (χ1) is 8.84. The number of fused-ring (bicyclic) bond motifs is 1. The molecule has 0 saturated carbocycles. The van der Waals surface area contributed by atoms with Crippen LogP contribution in [-0.4, -0.2) is 24.6 Å². The summed E-state index contributed by atoms with van der Waals surface area (Å²) in [6.45, 7) is 5.71. The third-order valence-corrected chi connectivity index (χ3v) is 4.36. The number of aryl methyl sites for hydroxylation is 1. The standard InChI is InChI=1S/C16H23NO/c1-13(17-9-3-2-4-10-17)15-8-7-14-6-5-11-18-16(14)12-15/h7-8,12-13H,2-6,9-11H2,1H3. The molecule has 1 fully saturated rings. The minimum atomic E-state index is 0.529. The molecule has 1 aromatic rings. The number of rotatable bonds is 2. The van der Waals surface area contributed by atoms with Gasteiger partial charge in [-0.25, -0.2) is 0 Å². The zero-order valence-electron chi connectivity index (χ0n) is 11.3. The van der Waals surface area contributed by atoms with Gasteiger partial charge in [0.1, 0.15) is 5.75 Å². The first-order valence-corrected chi connectivity index (χ1v) is 7.34. The van der Waals surface area contributed by atoms with Crippen LogP contribution < -0.4 is 4.74 Å². The van der Waals surface area contributed by atoms with Crippen LogP contribution in [0.3, 0.4) is 0 Å². The number of piperidine rings is 1. The maximum atomic E-state index is 5.78. The molecule has 2 nitrogen and oxygen atoms in total. The highest BCUT2D eigenvalue weighted by Crippen LogP contribution is 2.31. The van der Waals surface area contributed by atoms with Crippen molar-refractivity contribution in [1.29, 1.82) is 0 Å². The van der Waals surface area contributed by atoms with E-state index in [0.29, 0.717) is 6.04 Å². The van der Waals surface area contributed by atoms with Crippen LogP contribution in [0, 0.1) is 0 Å². The molecule has 2 heteroatoms. The number of benzene rings is 1. The summed E-state index contributed by atoms with van der Waals surface area (Å²) in [5.74, 6) is 1.13. The van der Waals surface area contributed by atoms with Gasteiger partial charge in [-0.15, -0.1) is 0 Å². The Hall–Kier alpha value is -1.02. The SMILES string of the molecule is CC(c1ccc2c(c1)OCCC2)N1CCCCC1. The van der Waals surface area contributed by atoms with E-state index < -0.39 is 0 Å². The van der Waals surface area contributed by atoms with Gasteiger partial charge >= 0.3 is 0 Å². The van der Waals surface area contributed by atoms with Crippen molar-refractivity contribution in [2.75, 3.05) is 19.7 Å². The molecule has 2 heterocycles. The van der Waals surface area contributed by atoms with Crippen molar-refractivity contribution in [3.8, 4) is 5.75 Å². The lowest BCUT2D eigenvalue weighted by molar-refractivity contribution is 0.174. The molecule has 2 aliphatic heterocycles. The van der Waals surface area contributed by atoms with Crippen molar-refractivity contribution >= 4 is 0 Å². The second-order valence-electron chi connectivity index (χ2n) is 5.59. The molecule has 0 amide bonds. The number of nitrogens with zero attached hydrogens (tertiary/aromatic N) is 1. The lowest BCUT2D eigenvalue weighted by Gasteiger charge is -2.33. The number of hydrogen-bond donors (Lipinski definition) is 0. The van der Waals surface area contributed by atoms with Crippen molar-refractivity contribution < 1.29 is 4.74 Å². The molecule has 1 saturated heterocycles. The monoisotopic (exact) mass is 245 g/mol. The molecular formula is C16H23NO. The fraction of sp³-hybridized carbons (Fsp3) is 0.625. The van der Waals surface area contributed by atoms with E-state index in [1.165, 1.54) is 49.9 Å². The molecule has 0 N–H and O–H groups in total. The summed E-state index contributed by atoms with van der Waals surface area (Å²) >= 11 is 0. The van der Waals surface area contributed by atoms with E-state index in [2.05, 4.69) is 30.0 Å². The van der Waals surface area contributed by atoms with Crippen LogP contribution in [0.1, 0.15) is 49.8 Å². The van der Waals surface area contributed by atoms with Crippen LogP contribution in [0.15, 0.2) is 18.2 Å². The maximum Gasteiger partial charge on any atom is 0.122 e. The van der Waals surface area contributed by atoms with Gasteiger partial charge in [-0.3, -0.25) is 4.90 Å². The summed E-state index contributed by atoms with van der Waals surface area (Å²) in [7, 11) is 0. The van der Waals surface area contributed by atoms with Crippen LogP contribution in [0.4, 0.5) is 0 Å². The van der Waals surface area contributed by atoms with E-state index in [9.17, 15) is 0 Å². The van der Waals surface area contributed by atoms with E-state index >= 15 is 0 Å². The van der Waals surface area contributed by atoms with E-state index in [4.69, 9.17) is 4.74 Å². The second kappa shape index (κ2) is 5.31. The van der Waals surface area contributed by atoms with Gasteiger partial charge in [0.25, 0.3) is 0 Å². The van der Waals surface area contributed by atoms with Crippen LogP contribution in [-0.2, 0) is 6.42 Å². The third kappa shape index (κ3) is 2.39. The fourth-order valence-electron chi connectivity index (χ4n) is 3.13. The van der Waals surface area contributed by atoms with E-state index in [0.717, 1.165) is 18.8 Å². The van der Waals surface area contributed by atoms with Crippen molar-refractivity contribution in [2.45, 2.75) is 45.1 Å². The van der Waals surface area contributed by atoms with Gasteiger partial charge in [0, 0.05) is 6.04 Å². The van der Waals surface area contributed by atoms with Crippen molar-refractivity contribution in [3.63, 3.8) is 0 Å². The Morgan fingerprint density at radius 3 is 2.78 bits per heavy atom. The quantitative estimate of drug-likeness (QED) is 0.790. The molecule has 0 aromatic heterocycles. The number of ether oxygens (including phenoxy) is 1. The second-order valence-corrected chi connectivity index (χ2v) is 5.59. The van der Waals surface area contributed by atoms with Gasteiger partial charge in [-0.1, -0.05) is 18.6 Å². The summed E-state index contributed by atoms with van der Waals surface area (Å²) in [5, 5.41) is 0. The van der Waals surface area contributed by atoms with Gasteiger partial charge in [-0.2, -0.15) is 0 Å². The lowest BCUT2D eigenvalue weighted by Crippen LogP contribution is -2.32. The Morgan fingerprint density at radius 1 is 1.11 bits per heavy atom. The molecule has 1 atom stereocenters. The molecule has 0 aliphatic carbocycles. The minimum absolute atomic E-state index is 0.529. The molecule has 98 valence electrons. The lowest BCUT2D eigenvalue weighted by atomic mass is 9.99. The van der Waals surface area contributed by atoms with Crippen molar-refractivity contribution in [1.82, 2.24) is 4.90 Å². The van der Waals surface area contributed by atoms with Crippen molar-refractivity contribution in [3.05, 3.63) is 29.3 Å². The Balaban J connectivity index is 1.78. The van der Waals surface area contributed by atoms with E-state index in [1.807, 2.05) is 0 Å². The Bertz CT molecular complexity index is 410. The molecule has 3 rings (SSSR count). The van der Waals surface area contributed by atoms with E-state index in [1.54, 1.807) is 0 Å². The zero-order chi connectivity index (χ0) is 12.4. The molecule has 0 radical (unpaired) electrons. The van der Waals surface area contributed by atoms with Gasteiger partial charge in [0.15, 0.2) is 0 Å². The van der Waals surface area contributed by atoms with Crippen molar-refractivity contribution in [2.24, 2.45) is 0 Å². The van der Waals surface area contributed by atoms with Gasteiger partial charge in [0.2, 0.25) is 0 Å². The van der Waals surface area contributed by atoms with E-state index in [-0.39, 0.29) is 0 Å². The molecule has 2 aliphatic rings. The molecule has 1 unspecified atom stereocenters. The van der Waals surface area contributed by atoms with Crippen LogP contribution in [0.25, 0.3) is 0 Å². The van der Waals surface area contributed by atoms with Gasteiger partial charge < -0.3 is 4.74 Å². The molecule has 1 aromatic carbocycles.